The number of aliphatic hydroxyl groups excluding tert-OH is 1. The average molecular weight is 299 g/mol. The van der Waals surface area contributed by atoms with Crippen LogP contribution in [0, 0.1) is 5.92 Å². The van der Waals surface area contributed by atoms with Crippen molar-refractivity contribution in [3.63, 3.8) is 0 Å². The van der Waals surface area contributed by atoms with Gasteiger partial charge in [0.15, 0.2) is 0 Å². The van der Waals surface area contributed by atoms with Crippen LogP contribution < -0.4 is 10.1 Å². The first-order valence-electron chi connectivity index (χ1n) is 7.57. The highest BCUT2D eigenvalue weighted by Gasteiger charge is 2.19. The van der Waals surface area contributed by atoms with Crippen LogP contribution in [0.3, 0.4) is 0 Å². The van der Waals surface area contributed by atoms with Crippen molar-refractivity contribution in [2.75, 3.05) is 13.2 Å². The molecule has 1 heterocycles. The third kappa shape index (κ3) is 5.34. The largest absolute Gasteiger partial charge is 0.473 e. The van der Waals surface area contributed by atoms with E-state index in [-0.39, 0.29) is 6.61 Å². The summed E-state index contributed by atoms with van der Waals surface area (Å²) in [6, 6.07) is 0.462. The van der Waals surface area contributed by atoms with Gasteiger partial charge >= 0.3 is 0 Å². The van der Waals surface area contributed by atoms with E-state index < -0.39 is 6.10 Å². The van der Waals surface area contributed by atoms with E-state index in [2.05, 4.69) is 21.0 Å². The second-order valence-electron chi connectivity index (χ2n) is 5.66. The minimum atomic E-state index is -0.509. The average Bonchev–Trinajstić information content (AvgIpc) is 2.83. The maximum absolute atomic E-state index is 9.92. The van der Waals surface area contributed by atoms with Gasteiger partial charge in [0.1, 0.15) is 18.9 Å². The number of nitrogens with zero attached hydrogens (tertiary/aromatic N) is 2. The van der Waals surface area contributed by atoms with E-state index in [0.29, 0.717) is 18.5 Å². The first-order valence-corrected chi connectivity index (χ1v) is 8.30. The van der Waals surface area contributed by atoms with Crippen molar-refractivity contribution >= 4 is 11.7 Å². The third-order valence-electron chi connectivity index (χ3n) is 4.05. The highest BCUT2D eigenvalue weighted by Crippen LogP contribution is 2.25. The van der Waals surface area contributed by atoms with Crippen LogP contribution in [0.4, 0.5) is 0 Å². The fourth-order valence-electron chi connectivity index (χ4n) is 2.76. The Morgan fingerprint density at radius 3 is 2.80 bits per heavy atom. The molecule has 114 valence electrons. The van der Waals surface area contributed by atoms with E-state index in [1.165, 1.54) is 38.5 Å². The quantitative estimate of drug-likeness (QED) is 0.756. The molecule has 0 aromatic carbocycles. The lowest BCUT2D eigenvalue weighted by molar-refractivity contribution is 0.0991. The molecular formula is C14H25N3O2S. The Morgan fingerprint density at radius 1 is 1.40 bits per heavy atom. The lowest BCUT2D eigenvalue weighted by atomic mass is 9.93. The normalized spacial score (nSPS) is 20.3. The Bertz CT molecular complexity index is 353. The van der Waals surface area contributed by atoms with Crippen molar-refractivity contribution in [1.29, 1.82) is 0 Å². The molecule has 0 radical (unpaired) electrons. The van der Waals surface area contributed by atoms with Crippen LogP contribution in [0.5, 0.6) is 5.88 Å². The summed E-state index contributed by atoms with van der Waals surface area (Å²) in [5.74, 6) is 1.24. The Kier molecular flexibility index (Phi) is 6.69. The molecule has 1 aliphatic carbocycles. The summed E-state index contributed by atoms with van der Waals surface area (Å²) in [5, 5.41) is 13.4. The Balaban J connectivity index is 1.62. The number of aliphatic hydroxyl groups is 1. The van der Waals surface area contributed by atoms with Crippen molar-refractivity contribution in [2.24, 2.45) is 5.92 Å². The van der Waals surface area contributed by atoms with Gasteiger partial charge in [-0.05, 0) is 25.7 Å². The molecular weight excluding hydrogens is 274 g/mol. The fourth-order valence-corrected chi connectivity index (χ4v) is 3.12. The van der Waals surface area contributed by atoms with E-state index in [4.69, 9.17) is 4.74 Å². The monoisotopic (exact) mass is 299 g/mol. The van der Waals surface area contributed by atoms with Gasteiger partial charge in [-0.3, -0.25) is 0 Å². The molecule has 5 nitrogen and oxygen atoms in total. The smallest absolute Gasteiger partial charge is 0.245 e. The zero-order valence-corrected chi connectivity index (χ0v) is 12.9. The second kappa shape index (κ2) is 8.54. The molecule has 2 atom stereocenters. The van der Waals surface area contributed by atoms with Gasteiger partial charge in [-0.1, -0.05) is 25.7 Å². The minimum Gasteiger partial charge on any atom is -0.473 e. The SMILES string of the molecule is C[C@@H](NCC(O)COc1cnsn1)C1CCCCCC1. The fraction of sp³-hybridized carbons (Fsp3) is 0.857. The number of ether oxygens (including phenoxy) is 1. The Labute approximate surface area is 125 Å². The highest BCUT2D eigenvalue weighted by molar-refractivity contribution is 6.99. The van der Waals surface area contributed by atoms with Crippen LogP contribution in [-0.4, -0.2) is 39.2 Å². The van der Waals surface area contributed by atoms with Gasteiger partial charge in [0.25, 0.3) is 0 Å². The van der Waals surface area contributed by atoms with Gasteiger partial charge in [0.2, 0.25) is 5.88 Å². The maximum atomic E-state index is 9.92. The lowest BCUT2D eigenvalue weighted by Crippen LogP contribution is -2.40. The Hall–Kier alpha value is -0.720. The number of rotatable bonds is 7. The van der Waals surface area contributed by atoms with Crippen molar-refractivity contribution in [2.45, 2.75) is 57.6 Å². The molecule has 1 aromatic rings. The van der Waals surface area contributed by atoms with E-state index >= 15 is 0 Å². The summed E-state index contributed by atoms with van der Waals surface area (Å²) in [7, 11) is 0. The molecule has 1 unspecified atom stereocenters. The van der Waals surface area contributed by atoms with Crippen LogP contribution in [0.2, 0.25) is 0 Å². The zero-order valence-electron chi connectivity index (χ0n) is 12.1. The molecule has 2 N–H and O–H groups in total. The van der Waals surface area contributed by atoms with Crippen LogP contribution in [0.1, 0.15) is 45.4 Å². The number of hydrogen-bond acceptors (Lipinski definition) is 6. The first-order chi connectivity index (χ1) is 9.75. The number of aromatic nitrogens is 2. The van der Waals surface area contributed by atoms with Crippen molar-refractivity contribution < 1.29 is 9.84 Å². The first kappa shape index (κ1) is 15.7. The molecule has 0 aliphatic heterocycles. The molecule has 6 heteroatoms. The molecule has 2 rings (SSSR count). The number of nitrogens with one attached hydrogen (secondary N) is 1. The van der Waals surface area contributed by atoms with E-state index in [1.54, 1.807) is 6.20 Å². The minimum absolute atomic E-state index is 0.260. The van der Waals surface area contributed by atoms with Gasteiger partial charge in [0.05, 0.1) is 11.7 Å². The topological polar surface area (TPSA) is 67.3 Å². The molecule has 1 fully saturated rings. The summed E-state index contributed by atoms with van der Waals surface area (Å²) in [5.41, 5.74) is 0. The van der Waals surface area contributed by atoms with E-state index in [9.17, 15) is 5.11 Å². The van der Waals surface area contributed by atoms with Gasteiger partial charge in [-0.25, -0.2) is 0 Å². The molecule has 20 heavy (non-hydrogen) atoms. The molecule has 1 saturated carbocycles. The predicted molar refractivity (Wildman–Crippen MR) is 80.1 cm³/mol. The molecule has 1 aliphatic rings. The molecule has 0 spiro atoms. The van der Waals surface area contributed by atoms with Crippen molar-refractivity contribution in [1.82, 2.24) is 14.1 Å². The van der Waals surface area contributed by atoms with Crippen LogP contribution in [0.15, 0.2) is 6.20 Å². The zero-order chi connectivity index (χ0) is 14.2. The maximum Gasteiger partial charge on any atom is 0.245 e. The van der Waals surface area contributed by atoms with Crippen LogP contribution in [0.25, 0.3) is 0 Å². The van der Waals surface area contributed by atoms with E-state index in [1.807, 2.05) is 0 Å². The van der Waals surface area contributed by atoms with E-state index in [0.717, 1.165) is 17.6 Å². The summed E-state index contributed by atoms with van der Waals surface area (Å²) in [4.78, 5) is 0. The molecule has 0 saturated heterocycles. The lowest BCUT2D eigenvalue weighted by Gasteiger charge is -2.24. The summed E-state index contributed by atoms with van der Waals surface area (Å²) < 4.78 is 13.1. The molecule has 1 aromatic heterocycles. The Morgan fingerprint density at radius 2 is 2.15 bits per heavy atom. The predicted octanol–water partition coefficient (Wildman–Crippen LogP) is 2.23. The highest BCUT2D eigenvalue weighted by atomic mass is 32.1. The van der Waals surface area contributed by atoms with Crippen LogP contribution >= 0.6 is 11.7 Å². The second-order valence-corrected chi connectivity index (χ2v) is 6.22. The van der Waals surface area contributed by atoms with Crippen molar-refractivity contribution in [3.8, 4) is 5.88 Å². The summed E-state index contributed by atoms with van der Waals surface area (Å²) >= 11 is 1.11. The molecule has 0 bridgehead atoms. The molecule has 0 amide bonds. The van der Waals surface area contributed by atoms with Gasteiger partial charge in [-0.2, -0.15) is 4.37 Å². The summed E-state index contributed by atoms with van der Waals surface area (Å²) in [6.07, 6.45) is 9.13. The van der Waals surface area contributed by atoms with Gasteiger partial charge in [0, 0.05) is 12.6 Å². The standard InChI is InChI=1S/C14H25N3O2S/c1-11(12-6-4-2-3-5-7-12)15-8-13(18)10-19-14-9-16-20-17-14/h9,11-13,15,18H,2-8,10H2,1H3/t11-,13?/m1/s1. The van der Waals surface area contributed by atoms with Crippen molar-refractivity contribution in [3.05, 3.63) is 6.20 Å². The van der Waals surface area contributed by atoms with Gasteiger partial charge < -0.3 is 15.2 Å². The number of hydrogen-bond donors (Lipinski definition) is 2. The van der Waals surface area contributed by atoms with Crippen LogP contribution in [-0.2, 0) is 0 Å². The third-order valence-corrected chi connectivity index (χ3v) is 4.51. The van der Waals surface area contributed by atoms with Gasteiger partial charge in [-0.15, -0.1) is 4.37 Å². The summed E-state index contributed by atoms with van der Waals surface area (Å²) in [6.45, 7) is 3.05.